The first kappa shape index (κ1) is 39.2. The molecule has 0 aliphatic carbocycles. The SMILES string of the molecule is c1ccc(-c2cc(-c3ccccc3)nc(-c3ccc(-c4nc(-c5ccccc5)nc(-n5c6ccccc6c6ccc7c8ccccc8n(-c8ccc9c(c8)sc8ccccc89)c7c65)n4)cc3)c2)cc1. The minimum atomic E-state index is 0.545. The van der Waals surface area contributed by atoms with Gasteiger partial charge in [-0.15, -0.1) is 11.3 Å². The highest BCUT2D eigenvalue weighted by molar-refractivity contribution is 7.25. The van der Waals surface area contributed by atoms with E-state index in [1.54, 1.807) is 0 Å². The van der Waals surface area contributed by atoms with Gasteiger partial charge in [-0.1, -0.05) is 188 Å². The number of para-hydroxylation sites is 2. The summed E-state index contributed by atoms with van der Waals surface area (Å²) in [5, 5.41) is 7.15. The molecule has 5 heterocycles. The van der Waals surface area contributed by atoms with Gasteiger partial charge in [0.15, 0.2) is 11.6 Å². The monoisotopic (exact) mass is 898 g/mol. The second kappa shape index (κ2) is 15.8. The van der Waals surface area contributed by atoms with Gasteiger partial charge < -0.3 is 4.57 Å². The van der Waals surface area contributed by atoms with E-state index in [2.05, 4.69) is 209 Å². The van der Waals surface area contributed by atoms with Gasteiger partial charge in [-0.2, -0.15) is 9.97 Å². The topological polar surface area (TPSA) is 61.4 Å². The molecule has 0 bridgehead atoms. The number of benzene rings is 9. The first-order chi connectivity index (χ1) is 34.2. The molecule has 0 saturated heterocycles. The number of hydrogen-bond acceptors (Lipinski definition) is 5. The van der Waals surface area contributed by atoms with Gasteiger partial charge in [0.05, 0.1) is 33.5 Å². The Hall–Kier alpha value is -9.04. The van der Waals surface area contributed by atoms with Crippen molar-refractivity contribution in [3.63, 3.8) is 0 Å². The zero-order valence-electron chi connectivity index (χ0n) is 37.0. The summed E-state index contributed by atoms with van der Waals surface area (Å²) in [6, 6.07) is 81.4. The molecule has 0 saturated carbocycles. The quantitative estimate of drug-likeness (QED) is 0.160. The fourth-order valence-corrected chi connectivity index (χ4v) is 11.3. The molecule has 0 spiro atoms. The number of nitrogens with zero attached hydrogens (tertiary/aromatic N) is 6. The average Bonchev–Trinajstić information content (AvgIpc) is 4.09. The van der Waals surface area contributed by atoms with Crippen LogP contribution in [-0.4, -0.2) is 29.1 Å². The summed E-state index contributed by atoms with van der Waals surface area (Å²) in [6.45, 7) is 0. The maximum atomic E-state index is 5.43. The lowest BCUT2D eigenvalue weighted by molar-refractivity contribution is 0.953. The first-order valence-corrected chi connectivity index (χ1v) is 23.9. The highest BCUT2D eigenvalue weighted by Crippen LogP contribution is 2.43. The fraction of sp³-hybridized carbons (Fsp3) is 0. The second-order valence-corrected chi connectivity index (χ2v) is 18.5. The molecule has 0 radical (unpaired) electrons. The molecular weight excluding hydrogens is 861 g/mol. The van der Waals surface area contributed by atoms with Crippen LogP contribution in [0.4, 0.5) is 0 Å². The third-order valence-electron chi connectivity index (χ3n) is 13.4. The lowest BCUT2D eigenvalue weighted by Gasteiger charge is -2.14. The van der Waals surface area contributed by atoms with E-state index < -0.39 is 0 Å². The van der Waals surface area contributed by atoms with Crippen LogP contribution in [0.5, 0.6) is 0 Å². The van der Waals surface area contributed by atoms with Gasteiger partial charge >= 0.3 is 0 Å². The summed E-state index contributed by atoms with van der Waals surface area (Å²) in [7, 11) is 0. The standard InChI is InChI=1S/C62H38N6S/c1-4-16-39(17-5-1)44-36-52(40-18-6-2-7-19-40)63-53(37-44)41-28-30-43(31-29-41)61-64-60(42-20-8-3-9-21-42)65-62(66-61)68-55-26-14-11-23-47(55)51-35-34-50-46-22-10-13-25-54(46)67(58(50)59(51)68)45-32-33-49-48-24-12-15-27-56(48)69-57(49)38-45/h1-38H. The van der Waals surface area contributed by atoms with Crippen LogP contribution in [0.3, 0.4) is 0 Å². The van der Waals surface area contributed by atoms with Crippen molar-refractivity contribution in [3.05, 3.63) is 231 Å². The molecule has 0 N–H and O–H groups in total. The van der Waals surface area contributed by atoms with Gasteiger partial charge in [0.1, 0.15) is 0 Å². The molecule has 14 aromatic rings. The Morgan fingerprint density at radius 2 is 0.754 bits per heavy atom. The molecule has 9 aromatic carbocycles. The van der Waals surface area contributed by atoms with Crippen molar-refractivity contribution in [1.82, 2.24) is 29.1 Å². The Labute approximate surface area is 400 Å². The number of pyridine rings is 1. The molecule has 0 fully saturated rings. The van der Waals surface area contributed by atoms with Crippen molar-refractivity contribution in [3.8, 4) is 68.1 Å². The highest BCUT2D eigenvalue weighted by Gasteiger charge is 2.24. The predicted octanol–water partition coefficient (Wildman–Crippen LogP) is 16.2. The Morgan fingerprint density at radius 1 is 0.290 bits per heavy atom. The minimum Gasteiger partial charge on any atom is -0.307 e. The number of fused-ring (bicyclic) bond motifs is 10. The molecule has 14 rings (SSSR count). The summed E-state index contributed by atoms with van der Waals surface area (Å²) in [4.78, 5) is 21.2. The summed E-state index contributed by atoms with van der Waals surface area (Å²) < 4.78 is 7.24. The molecule has 0 aliphatic rings. The maximum absolute atomic E-state index is 5.43. The van der Waals surface area contributed by atoms with E-state index in [0.29, 0.717) is 17.6 Å². The average molecular weight is 899 g/mol. The summed E-state index contributed by atoms with van der Waals surface area (Å²) in [5.74, 6) is 1.72. The van der Waals surface area contributed by atoms with Crippen molar-refractivity contribution in [2.75, 3.05) is 0 Å². The molecule has 69 heavy (non-hydrogen) atoms. The summed E-state index contributed by atoms with van der Waals surface area (Å²) >= 11 is 1.84. The molecule has 6 nitrogen and oxygen atoms in total. The van der Waals surface area contributed by atoms with E-state index in [4.69, 9.17) is 19.9 Å². The van der Waals surface area contributed by atoms with Crippen molar-refractivity contribution >= 4 is 75.1 Å². The van der Waals surface area contributed by atoms with Crippen LogP contribution >= 0.6 is 11.3 Å². The maximum Gasteiger partial charge on any atom is 0.238 e. The lowest BCUT2D eigenvalue weighted by Crippen LogP contribution is -2.07. The number of aromatic nitrogens is 6. The van der Waals surface area contributed by atoms with E-state index in [1.807, 2.05) is 41.7 Å². The highest BCUT2D eigenvalue weighted by atomic mass is 32.1. The molecular formula is C62H38N6S. The molecule has 5 aromatic heterocycles. The van der Waals surface area contributed by atoms with Crippen LogP contribution < -0.4 is 0 Å². The Morgan fingerprint density at radius 3 is 1.41 bits per heavy atom. The molecule has 0 unspecified atom stereocenters. The first-order valence-electron chi connectivity index (χ1n) is 23.1. The number of thiophene rings is 1. The van der Waals surface area contributed by atoms with Crippen LogP contribution in [-0.2, 0) is 0 Å². The van der Waals surface area contributed by atoms with Gasteiger partial charge in [-0.3, -0.25) is 4.57 Å². The van der Waals surface area contributed by atoms with E-state index in [-0.39, 0.29) is 0 Å². The van der Waals surface area contributed by atoms with Crippen molar-refractivity contribution in [2.24, 2.45) is 0 Å². The van der Waals surface area contributed by atoms with Crippen molar-refractivity contribution in [1.29, 1.82) is 0 Å². The second-order valence-electron chi connectivity index (χ2n) is 17.4. The molecule has 0 amide bonds. The largest absolute Gasteiger partial charge is 0.307 e. The van der Waals surface area contributed by atoms with Crippen LogP contribution in [0.2, 0.25) is 0 Å². The Bertz CT molecular complexity index is 4230. The molecule has 7 heteroatoms. The normalized spacial score (nSPS) is 11.8. The zero-order chi connectivity index (χ0) is 45.4. The summed E-state index contributed by atoms with van der Waals surface area (Å²) in [5.41, 5.74) is 13.3. The predicted molar refractivity (Wildman–Crippen MR) is 286 cm³/mol. The van der Waals surface area contributed by atoms with Crippen LogP contribution in [0.25, 0.3) is 132 Å². The van der Waals surface area contributed by atoms with Crippen LogP contribution in [0.15, 0.2) is 231 Å². The van der Waals surface area contributed by atoms with Crippen LogP contribution in [0.1, 0.15) is 0 Å². The van der Waals surface area contributed by atoms with E-state index in [1.165, 1.54) is 25.6 Å². The zero-order valence-corrected chi connectivity index (χ0v) is 37.8. The van der Waals surface area contributed by atoms with Crippen molar-refractivity contribution < 1.29 is 0 Å². The smallest absolute Gasteiger partial charge is 0.238 e. The number of rotatable bonds is 7. The Balaban J connectivity index is 0.987. The third kappa shape index (κ3) is 6.47. The van der Waals surface area contributed by atoms with E-state index in [9.17, 15) is 0 Å². The molecule has 0 aliphatic heterocycles. The third-order valence-corrected chi connectivity index (χ3v) is 14.5. The van der Waals surface area contributed by atoms with Crippen molar-refractivity contribution in [2.45, 2.75) is 0 Å². The van der Waals surface area contributed by atoms with Gasteiger partial charge in [-0.05, 0) is 53.6 Å². The van der Waals surface area contributed by atoms with Gasteiger partial charge in [0, 0.05) is 69.7 Å². The summed E-state index contributed by atoms with van der Waals surface area (Å²) in [6.07, 6.45) is 0. The van der Waals surface area contributed by atoms with E-state index >= 15 is 0 Å². The van der Waals surface area contributed by atoms with E-state index in [0.717, 1.165) is 88.7 Å². The van der Waals surface area contributed by atoms with Crippen LogP contribution in [0, 0.1) is 0 Å². The molecule has 322 valence electrons. The van der Waals surface area contributed by atoms with Gasteiger partial charge in [0.25, 0.3) is 0 Å². The minimum absolute atomic E-state index is 0.545. The Kier molecular flexibility index (Phi) is 8.97. The lowest BCUT2D eigenvalue weighted by atomic mass is 9.99. The van der Waals surface area contributed by atoms with Gasteiger partial charge in [0.2, 0.25) is 5.95 Å². The van der Waals surface area contributed by atoms with Gasteiger partial charge in [-0.25, -0.2) is 9.97 Å². The number of hydrogen-bond donors (Lipinski definition) is 0. The molecule has 0 atom stereocenters. The fourth-order valence-electron chi connectivity index (χ4n) is 10.2.